The van der Waals surface area contributed by atoms with Crippen molar-refractivity contribution >= 4 is 11.8 Å². The Morgan fingerprint density at radius 2 is 2.00 bits per heavy atom. The number of ether oxygens (including phenoxy) is 2. The number of ketones is 1. The SMILES string of the molecule is CCCOC(=O)C1=C(C)NC2=C(C(=O)CCC2)C1c1ccccc1OC(C)C. The van der Waals surface area contributed by atoms with E-state index in [1.165, 1.54) is 0 Å². The van der Waals surface area contributed by atoms with Gasteiger partial charge in [0.2, 0.25) is 0 Å². The number of allylic oxidation sites excluding steroid dienone is 3. The summed E-state index contributed by atoms with van der Waals surface area (Å²) in [6.45, 7) is 8.12. The third-order valence-corrected chi connectivity index (χ3v) is 5.03. The van der Waals surface area contributed by atoms with Gasteiger partial charge in [0.05, 0.1) is 24.2 Å². The van der Waals surface area contributed by atoms with Gasteiger partial charge in [-0.2, -0.15) is 0 Å². The van der Waals surface area contributed by atoms with E-state index in [2.05, 4.69) is 5.32 Å². The van der Waals surface area contributed by atoms with Crippen LogP contribution in [-0.4, -0.2) is 24.5 Å². The molecule has 5 nitrogen and oxygen atoms in total. The van der Waals surface area contributed by atoms with Gasteiger partial charge in [-0.15, -0.1) is 0 Å². The highest BCUT2D eigenvalue weighted by Gasteiger charge is 2.40. The summed E-state index contributed by atoms with van der Waals surface area (Å²) < 4.78 is 11.5. The molecule has 28 heavy (non-hydrogen) atoms. The van der Waals surface area contributed by atoms with E-state index in [1.54, 1.807) is 0 Å². The molecule has 0 bridgehead atoms. The number of esters is 1. The normalized spacial score (nSPS) is 19.5. The van der Waals surface area contributed by atoms with E-state index in [9.17, 15) is 9.59 Å². The monoisotopic (exact) mass is 383 g/mol. The molecule has 0 amide bonds. The number of hydrogen-bond acceptors (Lipinski definition) is 5. The molecule has 5 heteroatoms. The van der Waals surface area contributed by atoms with Crippen molar-refractivity contribution in [3.8, 4) is 5.75 Å². The Labute approximate surface area is 166 Å². The average Bonchev–Trinajstić information content (AvgIpc) is 2.65. The first-order valence-electron chi connectivity index (χ1n) is 10.1. The molecule has 1 unspecified atom stereocenters. The van der Waals surface area contributed by atoms with Crippen molar-refractivity contribution in [2.24, 2.45) is 0 Å². The fourth-order valence-corrected chi connectivity index (χ4v) is 3.92. The van der Waals surface area contributed by atoms with Crippen LogP contribution in [0.5, 0.6) is 5.75 Å². The molecule has 150 valence electrons. The number of rotatable bonds is 6. The lowest BCUT2D eigenvalue weighted by molar-refractivity contribution is -0.139. The fraction of sp³-hybridized carbons (Fsp3) is 0.478. The Kier molecular flexibility index (Phi) is 6.22. The minimum atomic E-state index is -0.469. The Morgan fingerprint density at radius 1 is 1.25 bits per heavy atom. The van der Waals surface area contributed by atoms with Crippen LogP contribution >= 0.6 is 0 Å². The maximum Gasteiger partial charge on any atom is 0.336 e. The maximum atomic E-state index is 13.0. The van der Waals surface area contributed by atoms with Crippen LogP contribution in [-0.2, 0) is 14.3 Å². The van der Waals surface area contributed by atoms with Crippen LogP contribution in [0.25, 0.3) is 0 Å². The maximum absolute atomic E-state index is 13.0. The summed E-state index contributed by atoms with van der Waals surface area (Å²) in [5.74, 6) is -0.0564. The second-order valence-electron chi connectivity index (χ2n) is 7.61. The fourth-order valence-electron chi connectivity index (χ4n) is 3.92. The van der Waals surface area contributed by atoms with Gasteiger partial charge in [-0.05, 0) is 46.1 Å². The van der Waals surface area contributed by atoms with Crippen LogP contribution in [0.1, 0.15) is 64.9 Å². The zero-order valence-electron chi connectivity index (χ0n) is 17.1. The number of benzene rings is 1. The van der Waals surface area contributed by atoms with E-state index in [0.717, 1.165) is 36.2 Å². The van der Waals surface area contributed by atoms with E-state index in [0.29, 0.717) is 29.9 Å². The van der Waals surface area contributed by atoms with Crippen LogP contribution < -0.4 is 10.1 Å². The van der Waals surface area contributed by atoms with Crippen molar-refractivity contribution in [2.45, 2.75) is 65.4 Å². The van der Waals surface area contributed by atoms with Gasteiger partial charge in [-0.3, -0.25) is 4.79 Å². The molecule has 1 atom stereocenters. The van der Waals surface area contributed by atoms with E-state index in [1.807, 2.05) is 52.0 Å². The van der Waals surface area contributed by atoms with Gasteiger partial charge in [0, 0.05) is 29.0 Å². The van der Waals surface area contributed by atoms with Gasteiger partial charge >= 0.3 is 5.97 Å². The number of dihydropyridines is 1. The smallest absolute Gasteiger partial charge is 0.336 e. The Balaban J connectivity index is 2.15. The topological polar surface area (TPSA) is 64.6 Å². The molecule has 1 heterocycles. The predicted octanol–water partition coefficient (Wildman–Crippen LogP) is 4.39. The summed E-state index contributed by atoms with van der Waals surface area (Å²) in [5.41, 5.74) is 3.69. The van der Waals surface area contributed by atoms with Crippen LogP contribution in [0, 0.1) is 0 Å². The van der Waals surface area contributed by atoms with Crippen molar-refractivity contribution in [2.75, 3.05) is 6.61 Å². The largest absolute Gasteiger partial charge is 0.491 e. The molecular weight excluding hydrogens is 354 g/mol. The predicted molar refractivity (Wildman–Crippen MR) is 108 cm³/mol. The Morgan fingerprint density at radius 3 is 2.71 bits per heavy atom. The number of carbonyl (C=O) groups is 2. The zero-order valence-corrected chi connectivity index (χ0v) is 17.1. The molecule has 1 N–H and O–H groups in total. The van der Waals surface area contributed by atoms with Gasteiger partial charge in [-0.1, -0.05) is 25.1 Å². The lowest BCUT2D eigenvalue weighted by Crippen LogP contribution is -2.34. The summed E-state index contributed by atoms with van der Waals surface area (Å²) in [5, 5.41) is 3.31. The van der Waals surface area contributed by atoms with Gasteiger partial charge < -0.3 is 14.8 Å². The summed E-state index contributed by atoms with van der Waals surface area (Å²) >= 11 is 0. The highest BCUT2D eigenvalue weighted by Crippen LogP contribution is 2.45. The highest BCUT2D eigenvalue weighted by atomic mass is 16.5. The molecule has 2 aliphatic rings. The van der Waals surface area contributed by atoms with Gasteiger partial charge in [-0.25, -0.2) is 4.79 Å². The molecular formula is C23H29NO4. The lowest BCUT2D eigenvalue weighted by Gasteiger charge is -2.35. The van der Waals surface area contributed by atoms with Crippen LogP contribution in [0.15, 0.2) is 46.8 Å². The molecule has 0 saturated heterocycles. The van der Waals surface area contributed by atoms with Gasteiger partial charge in [0.25, 0.3) is 0 Å². The first kappa shape index (κ1) is 20.2. The molecule has 0 spiro atoms. The lowest BCUT2D eigenvalue weighted by atomic mass is 9.75. The van der Waals surface area contributed by atoms with Crippen LogP contribution in [0.2, 0.25) is 0 Å². The third kappa shape index (κ3) is 3.98. The van der Waals surface area contributed by atoms with Crippen molar-refractivity contribution in [3.05, 3.63) is 52.4 Å². The molecule has 1 aliphatic carbocycles. The molecule has 0 radical (unpaired) electrons. The number of carbonyl (C=O) groups excluding carboxylic acids is 2. The van der Waals surface area contributed by atoms with Crippen LogP contribution in [0.3, 0.4) is 0 Å². The van der Waals surface area contributed by atoms with Gasteiger partial charge in [0.15, 0.2) is 5.78 Å². The second-order valence-corrected chi connectivity index (χ2v) is 7.61. The van der Waals surface area contributed by atoms with Crippen molar-refractivity contribution in [1.82, 2.24) is 5.32 Å². The molecule has 0 saturated carbocycles. The molecule has 1 aromatic rings. The molecule has 0 aromatic heterocycles. The molecule has 3 rings (SSSR count). The zero-order chi connectivity index (χ0) is 20.3. The Hall–Kier alpha value is -2.56. The molecule has 1 aliphatic heterocycles. The van der Waals surface area contributed by atoms with E-state index < -0.39 is 5.92 Å². The number of Topliss-reactive ketones (excluding diaryl/α,β-unsaturated/α-hetero) is 1. The molecule has 0 fully saturated rings. The van der Waals surface area contributed by atoms with Gasteiger partial charge in [0.1, 0.15) is 5.75 Å². The summed E-state index contributed by atoms with van der Waals surface area (Å²) in [6, 6.07) is 7.67. The van der Waals surface area contributed by atoms with E-state index in [-0.39, 0.29) is 17.9 Å². The Bertz CT molecular complexity index is 835. The highest BCUT2D eigenvalue weighted by molar-refractivity contribution is 6.04. The second kappa shape index (κ2) is 8.63. The van der Waals surface area contributed by atoms with Crippen molar-refractivity contribution < 1.29 is 19.1 Å². The number of nitrogens with one attached hydrogen (secondary N) is 1. The van der Waals surface area contributed by atoms with Crippen LogP contribution in [0.4, 0.5) is 0 Å². The van der Waals surface area contributed by atoms with Crippen molar-refractivity contribution in [3.63, 3.8) is 0 Å². The number of hydrogen-bond donors (Lipinski definition) is 1. The molecule has 1 aromatic carbocycles. The van der Waals surface area contributed by atoms with Crippen molar-refractivity contribution in [1.29, 1.82) is 0 Å². The van der Waals surface area contributed by atoms with E-state index >= 15 is 0 Å². The first-order chi connectivity index (χ1) is 13.4. The summed E-state index contributed by atoms with van der Waals surface area (Å²) in [7, 11) is 0. The number of para-hydroxylation sites is 1. The summed E-state index contributed by atoms with van der Waals surface area (Å²) in [6.07, 6.45) is 2.86. The minimum Gasteiger partial charge on any atom is -0.491 e. The standard InChI is InChI=1S/C23H29NO4/c1-5-13-27-23(26)20-15(4)24-17-10-8-11-18(25)22(17)21(20)16-9-6-7-12-19(16)28-14(2)3/h6-7,9,12,14,21,24H,5,8,10-11,13H2,1-4H3. The van der Waals surface area contributed by atoms with E-state index in [4.69, 9.17) is 9.47 Å². The first-order valence-corrected chi connectivity index (χ1v) is 10.1. The summed E-state index contributed by atoms with van der Waals surface area (Å²) in [4.78, 5) is 25.9. The minimum absolute atomic E-state index is 0.0149. The quantitative estimate of drug-likeness (QED) is 0.738. The third-order valence-electron chi connectivity index (χ3n) is 5.03. The average molecular weight is 383 g/mol.